The van der Waals surface area contributed by atoms with Crippen molar-refractivity contribution in [3.05, 3.63) is 59.1 Å². The van der Waals surface area contributed by atoms with E-state index in [1.807, 2.05) is 49.4 Å². The molecule has 1 aliphatic rings. The minimum absolute atomic E-state index is 0.227. The molecule has 2 atom stereocenters. The number of carbonyl (C=O) groups is 3. The molecule has 37 heavy (non-hydrogen) atoms. The van der Waals surface area contributed by atoms with Crippen LogP contribution in [0.3, 0.4) is 0 Å². The molecular formula is C27H34ClN3O6. The number of aliphatic carboxylic acids is 1. The van der Waals surface area contributed by atoms with Gasteiger partial charge in [0.2, 0.25) is 0 Å². The second-order valence-corrected chi connectivity index (χ2v) is 9.44. The van der Waals surface area contributed by atoms with Gasteiger partial charge >= 0.3 is 17.8 Å². The van der Waals surface area contributed by atoms with Crippen molar-refractivity contribution >= 4 is 29.4 Å². The monoisotopic (exact) mass is 531 g/mol. The molecule has 1 aliphatic heterocycles. The van der Waals surface area contributed by atoms with Gasteiger partial charge in [-0.25, -0.2) is 4.79 Å². The van der Waals surface area contributed by atoms with Crippen LogP contribution in [0.25, 0.3) is 11.1 Å². The van der Waals surface area contributed by atoms with Gasteiger partial charge in [0.25, 0.3) is 0 Å². The van der Waals surface area contributed by atoms with Crippen molar-refractivity contribution in [2.24, 2.45) is 0 Å². The van der Waals surface area contributed by atoms with E-state index in [0.29, 0.717) is 44.4 Å². The van der Waals surface area contributed by atoms with Crippen LogP contribution in [0.4, 0.5) is 0 Å². The predicted octanol–water partition coefficient (Wildman–Crippen LogP) is 2.05. The standard InChI is InChI=1S/C27H34ClN3O6/c1-2-37-15-14-30-10-12-31(13-11-30)26(34)25(33)29-23(18-24(32)27(35)36)16-19-6-8-20(9-7-19)21-4-3-5-22(28)17-21/h3-9,17,23-24,32H,2,10-16,18H2,1H3,(H,29,33)(H,35,36)/t23-,24-/m1/s1. The van der Waals surface area contributed by atoms with Crippen molar-refractivity contribution in [2.75, 3.05) is 45.9 Å². The van der Waals surface area contributed by atoms with Crippen molar-refractivity contribution in [3.63, 3.8) is 0 Å². The van der Waals surface area contributed by atoms with E-state index in [-0.39, 0.29) is 12.8 Å². The largest absolute Gasteiger partial charge is 0.479 e. The number of nitrogens with zero attached hydrogens (tertiary/aromatic N) is 2. The number of piperazine rings is 1. The molecular weight excluding hydrogens is 498 g/mol. The van der Waals surface area contributed by atoms with Gasteiger partial charge in [-0.15, -0.1) is 0 Å². The summed E-state index contributed by atoms with van der Waals surface area (Å²) in [7, 11) is 0. The Morgan fingerprint density at radius 3 is 2.38 bits per heavy atom. The van der Waals surface area contributed by atoms with Crippen molar-refractivity contribution in [1.29, 1.82) is 0 Å². The molecule has 2 aromatic rings. The summed E-state index contributed by atoms with van der Waals surface area (Å²) in [5.41, 5.74) is 2.73. The number of carbonyl (C=O) groups excluding carboxylic acids is 2. The summed E-state index contributed by atoms with van der Waals surface area (Å²) in [5.74, 6) is -2.85. The molecule has 10 heteroatoms. The topological polar surface area (TPSA) is 119 Å². The van der Waals surface area contributed by atoms with E-state index in [1.54, 1.807) is 6.07 Å². The van der Waals surface area contributed by atoms with E-state index in [0.717, 1.165) is 23.2 Å². The number of carboxylic acids is 1. The number of ether oxygens (including phenoxy) is 1. The SMILES string of the molecule is CCOCCN1CCN(C(=O)C(=O)N[C@H](Cc2ccc(-c3cccc(Cl)c3)cc2)C[C@@H](O)C(=O)O)CC1. The number of carboxylic acid groups (broad SMARTS) is 1. The first-order chi connectivity index (χ1) is 17.8. The highest BCUT2D eigenvalue weighted by atomic mass is 35.5. The Labute approximate surface area is 222 Å². The fourth-order valence-corrected chi connectivity index (χ4v) is 4.44. The zero-order chi connectivity index (χ0) is 26.8. The van der Waals surface area contributed by atoms with Gasteiger partial charge in [-0.3, -0.25) is 14.5 Å². The Morgan fingerprint density at radius 1 is 1.05 bits per heavy atom. The number of amides is 2. The molecule has 3 rings (SSSR count). The van der Waals surface area contributed by atoms with Crippen LogP contribution in [0.15, 0.2) is 48.5 Å². The highest BCUT2D eigenvalue weighted by Crippen LogP contribution is 2.23. The first kappa shape index (κ1) is 28.6. The minimum Gasteiger partial charge on any atom is -0.479 e. The summed E-state index contributed by atoms with van der Waals surface area (Å²) < 4.78 is 5.37. The smallest absolute Gasteiger partial charge is 0.332 e. The molecule has 0 saturated carbocycles. The number of aliphatic hydroxyl groups excluding tert-OH is 1. The fraction of sp³-hybridized carbons (Fsp3) is 0.444. The van der Waals surface area contributed by atoms with Gasteiger partial charge in [0, 0.05) is 56.8 Å². The van der Waals surface area contributed by atoms with Gasteiger partial charge in [-0.2, -0.15) is 0 Å². The summed E-state index contributed by atoms with van der Waals surface area (Å²) in [5, 5.41) is 22.4. The van der Waals surface area contributed by atoms with E-state index in [4.69, 9.17) is 21.4 Å². The van der Waals surface area contributed by atoms with Crippen LogP contribution in [-0.4, -0.2) is 95.9 Å². The molecule has 3 N–H and O–H groups in total. The maximum atomic E-state index is 12.8. The lowest BCUT2D eigenvalue weighted by Crippen LogP contribution is -2.54. The Hall–Kier alpha value is -2.98. The molecule has 0 spiro atoms. The van der Waals surface area contributed by atoms with Crippen LogP contribution in [0.2, 0.25) is 5.02 Å². The zero-order valence-electron chi connectivity index (χ0n) is 20.9. The van der Waals surface area contributed by atoms with Gasteiger partial charge in [0.15, 0.2) is 6.10 Å². The second kappa shape index (κ2) is 14.1. The third-order valence-electron chi connectivity index (χ3n) is 6.33. The van der Waals surface area contributed by atoms with E-state index in [2.05, 4.69) is 10.2 Å². The van der Waals surface area contributed by atoms with Crippen molar-refractivity contribution < 1.29 is 29.3 Å². The van der Waals surface area contributed by atoms with E-state index >= 15 is 0 Å². The average molecular weight is 532 g/mol. The quantitative estimate of drug-likeness (QED) is 0.300. The minimum atomic E-state index is -1.67. The van der Waals surface area contributed by atoms with Crippen molar-refractivity contribution in [3.8, 4) is 11.1 Å². The van der Waals surface area contributed by atoms with Crippen molar-refractivity contribution in [1.82, 2.24) is 15.1 Å². The molecule has 2 amide bonds. The van der Waals surface area contributed by atoms with Gasteiger partial charge < -0.3 is 25.2 Å². The first-order valence-corrected chi connectivity index (χ1v) is 12.8. The maximum absolute atomic E-state index is 12.8. The highest BCUT2D eigenvalue weighted by molar-refractivity contribution is 6.35. The normalized spacial score (nSPS) is 15.7. The molecule has 2 aromatic carbocycles. The van der Waals surface area contributed by atoms with E-state index in [9.17, 15) is 19.5 Å². The fourth-order valence-electron chi connectivity index (χ4n) is 4.25. The van der Waals surface area contributed by atoms with E-state index in [1.165, 1.54) is 4.90 Å². The zero-order valence-corrected chi connectivity index (χ0v) is 21.7. The third kappa shape index (κ3) is 8.82. The summed E-state index contributed by atoms with van der Waals surface area (Å²) in [6, 6.07) is 14.3. The van der Waals surface area contributed by atoms with Crippen LogP contribution in [0.5, 0.6) is 0 Å². The van der Waals surface area contributed by atoms with Gasteiger partial charge in [-0.1, -0.05) is 48.0 Å². The number of benzene rings is 2. The van der Waals surface area contributed by atoms with E-state index < -0.39 is 29.9 Å². The molecule has 0 radical (unpaired) electrons. The Morgan fingerprint density at radius 2 is 1.76 bits per heavy atom. The molecule has 200 valence electrons. The Kier molecular flexibility index (Phi) is 10.9. The Balaban J connectivity index is 1.61. The molecule has 1 fully saturated rings. The lowest BCUT2D eigenvalue weighted by atomic mass is 9.97. The molecule has 1 saturated heterocycles. The van der Waals surface area contributed by atoms with Crippen LogP contribution < -0.4 is 5.32 Å². The van der Waals surface area contributed by atoms with Crippen LogP contribution in [0.1, 0.15) is 18.9 Å². The number of hydrogen-bond donors (Lipinski definition) is 3. The number of nitrogens with one attached hydrogen (secondary N) is 1. The van der Waals surface area contributed by atoms with Gasteiger partial charge in [0.05, 0.1) is 6.61 Å². The lowest BCUT2D eigenvalue weighted by Gasteiger charge is -2.34. The van der Waals surface area contributed by atoms with Crippen LogP contribution >= 0.6 is 11.6 Å². The molecule has 1 heterocycles. The van der Waals surface area contributed by atoms with Crippen LogP contribution in [-0.2, 0) is 25.5 Å². The number of rotatable bonds is 11. The molecule has 0 bridgehead atoms. The molecule has 0 unspecified atom stereocenters. The van der Waals surface area contributed by atoms with Gasteiger partial charge in [0.1, 0.15) is 0 Å². The molecule has 9 nitrogen and oxygen atoms in total. The van der Waals surface area contributed by atoms with Gasteiger partial charge in [-0.05, 0) is 42.2 Å². The highest BCUT2D eigenvalue weighted by Gasteiger charge is 2.29. The second-order valence-electron chi connectivity index (χ2n) is 9.00. The first-order valence-electron chi connectivity index (χ1n) is 12.4. The number of halogens is 1. The summed E-state index contributed by atoms with van der Waals surface area (Å²) in [6.07, 6.45) is -1.64. The maximum Gasteiger partial charge on any atom is 0.332 e. The predicted molar refractivity (Wildman–Crippen MR) is 140 cm³/mol. The average Bonchev–Trinajstić information content (AvgIpc) is 2.89. The Bertz CT molecular complexity index is 1060. The summed E-state index contributed by atoms with van der Waals surface area (Å²) >= 11 is 6.08. The number of hydrogen-bond acceptors (Lipinski definition) is 6. The van der Waals surface area contributed by atoms with Crippen molar-refractivity contribution in [2.45, 2.75) is 31.9 Å². The number of aliphatic hydroxyl groups is 1. The lowest BCUT2D eigenvalue weighted by molar-refractivity contribution is -0.149. The molecule has 0 aliphatic carbocycles. The molecule has 0 aromatic heterocycles. The third-order valence-corrected chi connectivity index (χ3v) is 6.57. The summed E-state index contributed by atoms with van der Waals surface area (Å²) in [4.78, 5) is 40.5. The van der Waals surface area contributed by atoms with Crippen LogP contribution in [0, 0.1) is 0 Å². The summed E-state index contributed by atoms with van der Waals surface area (Å²) in [6.45, 7) is 6.12.